The lowest BCUT2D eigenvalue weighted by Crippen LogP contribution is -1.93. The van der Waals surface area contributed by atoms with Crippen LogP contribution in [0.15, 0.2) is 18.2 Å². The van der Waals surface area contributed by atoms with Gasteiger partial charge >= 0.3 is 0 Å². The van der Waals surface area contributed by atoms with E-state index in [9.17, 15) is 5.11 Å². The van der Waals surface area contributed by atoms with Gasteiger partial charge in [-0.2, -0.15) is 0 Å². The number of nitrogens with one attached hydrogen (secondary N) is 1. The fourth-order valence-corrected chi connectivity index (χ4v) is 1.32. The van der Waals surface area contributed by atoms with E-state index in [0.29, 0.717) is 13.2 Å². The molecule has 0 aliphatic carbocycles. The Morgan fingerprint density at radius 1 is 1.50 bits per heavy atom. The number of fused-ring (bicyclic) bond motifs is 1. The van der Waals surface area contributed by atoms with Crippen molar-refractivity contribution in [3.63, 3.8) is 0 Å². The molecule has 0 fully saturated rings. The number of benzene rings is 1. The summed E-state index contributed by atoms with van der Waals surface area (Å²) >= 11 is 0. The molecule has 2 rings (SSSR count). The molecule has 0 aliphatic rings. The number of ether oxygens (including phenoxy) is 1. The maximum Gasteiger partial charge on any atom is 0.133 e. The number of aromatic hydroxyl groups is 1. The average Bonchev–Trinajstić information content (AvgIpc) is 2.56. The van der Waals surface area contributed by atoms with Crippen LogP contribution in [0, 0.1) is 0 Å². The number of imidazole rings is 1. The summed E-state index contributed by atoms with van der Waals surface area (Å²) in [5.74, 6) is 1.02. The molecule has 74 valence electrons. The quantitative estimate of drug-likeness (QED) is 0.779. The van der Waals surface area contributed by atoms with Gasteiger partial charge < -0.3 is 14.8 Å². The highest BCUT2D eigenvalue weighted by molar-refractivity contribution is 5.76. The highest BCUT2D eigenvalue weighted by atomic mass is 16.5. The molecule has 0 bridgehead atoms. The first-order chi connectivity index (χ1) is 6.79. The lowest BCUT2D eigenvalue weighted by molar-refractivity contribution is 0.129. The average molecular weight is 192 g/mol. The molecule has 0 saturated carbocycles. The second-order valence-electron chi connectivity index (χ2n) is 3.02. The topological polar surface area (TPSA) is 58.1 Å². The van der Waals surface area contributed by atoms with Gasteiger partial charge in [-0.25, -0.2) is 4.98 Å². The van der Waals surface area contributed by atoms with Gasteiger partial charge in [0.15, 0.2) is 0 Å². The highest BCUT2D eigenvalue weighted by Gasteiger charge is 2.02. The van der Waals surface area contributed by atoms with Gasteiger partial charge in [-0.3, -0.25) is 0 Å². The summed E-state index contributed by atoms with van der Waals surface area (Å²) in [4.78, 5) is 7.37. The van der Waals surface area contributed by atoms with E-state index in [2.05, 4.69) is 9.97 Å². The van der Waals surface area contributed by atoms with E-state index in [-0.39, 0.29) is 5.75 Å². The van der Waals surface area contributed by atoms with Crippen LogP contribution in [0.1, 0.15) is 12.7 Å². The first-order valence-electron chi connectivity index (χ1n) is 4.55. The molecule has 2 aromatic rings. The molecule has 1 heterocycles. The maximum atomic E-state index is 9.24. The number of hydrogen-bond acceptors (Lipinski definition) is 3. The van der Waals surface area contributed by atoms with Crippen molar-refractivity contribution in [3.05, 3.63) is 24.0 Å². The third-order valence-corrected chi connectivity index (χ3v) is 1.96. The minimum Gasteiger partial charge on any atom is -0.508 e. The van der Waals surface area contributed by atoms with Crippen LogP contribution in [0.5, 0.6) is 5.75 Å². The molecule has 0 atom stereocenters. The van der Waals surface area contributed by atoms with Crippen LogP contribution in [0.25, 0.3) is 11.0 Å². The number of rotatable bonds is 3. The SMILES string of the molecule is CCOCc1nc2ccc(O)cc2[nH]1. The summed E-state index contributed by atoms with van der Waals surface area (Å²) in [6.07, 6.45) is 0. The molecule has 1 aromatic heterocycles. The Labute approximate surface area is 81.5 Å². The second-order valence-corrected chi connectivity index (χ2v) is 3.02. The zero-order valence-electron chi connectivity index (χ0n) is 7.95. The van der Waals surface area contributed by atoms with Gasteiger partial charge in [-0.1, -0.05) is 0 Å². The summed E-state index contributed by atoms with van der Waals surface area (Å²) < 4.78 is 5.22. The summed E-state index contributed by atoms with van der Waals surface area (Å²) in [7, 11) is 0. The highest BCUT2D eigenvalue weighted by Crippen LogP contribution is 2.17. The third-order valence-electron chi connectivity index (χ3n) is 1.96. The van der Waals surface area contributed by atoms with E-state index in [1.165, 1.54) is 0 Å². The molecule has 2 N–H and O–H groups in total. The number of phenolic OH excluding ortho intramolecular Hbond substituents is 1. The van der Waals surface area contributed by atoms with Gasteiger partial charge in [-0.05, 0) is 19.1 Å². The van der Waals surface area contributed by atoms with E-state index in [1.54, 1.807) is 18.2 Å². The molecule has 4 heteroatoms. The van der Waals surface area contributed by atoms with Gasteiger partial charge in [0, 0.05) is 12.7 Å². The van der Waals surface area contributed by atoms with Crippen LogP contribution >= 0.6 is 0 Å². The Balaban J connectivity index is 2.32. The minimum atomic E-state index is 0.240. The van der Waals surface area contributed by atoms with Crippen molar-refractivity contribution in [1.82, 2.24) is 9.97 Å². The van der Waals surface area contributed by atoms with Crippen molar-refractivity contribution < 1.29 is 9.84 Å². The molecule has 0 radical (unpaired) electrons. The molecule has 0 spiro atoms. The Hall–Kier alpha value is -1.55. The van der Waals surface area contributed by atoms with Gasteiger partial charge in [0.2, 0.25) is 0 Å². The minimum absolute atomic E-state index is 0.240. The Morgan fingerprint density at radius 3 is 3.14 bits per heavy atom. The monoisotopic (exact) mass is 192 g/mol. The molecular weight excluding hydrogens is 180 g/mol. The fraction of sp³-hybridized carbons (Fsp3) is 0.300. The van der Waals surface area contributed by atoms with E-state index in [4.69, 9.17) is 4.74 Å². The van der Waals surface area contributed by atoms with Gasteiger partial charge in [0.05, 0.1) is 11.0 Å². The van der Waals surface area contributed by atoms with Gasteiger partial charge in [0.25, 0.3) is 0 Å². The van der Waals surface area contributed by atoms with E-state index < -0.39 is 0 Å². The van der Waals surface area contributed by atoms with Crippen LogP contribution in [0.2, 0.25) is 0 Å². The molecule has 0 unspecified atom stereocenters. The summed E-state index contributed by atoms with van der Waals surface area (Å²) in [6, 6.07) is 5.04. The largest absolute Gasteiger partial charge is 0.508 e. The Kier molecular flexibility index (Phi) is 2.37. The first kappa shape index (κ1) is 9.02. The smallest absolute Gasteiger partial charge is 0.133 e. The maximum absolute atomic E-state index is 9.24. The number of phenols is 1. The van der Waals surface area contributed by atoms with Crippen LogP contribution in [0.4, 0.5) is 0 Å². The Morgan fingerprint density at radius 2 is 2.36 bits per heavy atom. The second kappa shape index (κ2) is 3.67. The number of aromatic amines is 1. The van der Waals surface area contributed by atoms with E-state index in [0.717, 1.165) is 16.9 Å². The number of H-pyrrole nitrogens is 1. The summed E-state index contributed by atoms with van der Waals surface area (Å²) in [5, 5.41) is 9.24. The van der Waals surface area contributed by atoms with E-state index >= 15 is 0 Å². The number of hydrogen-bond donors (Lipinski definition) is 2. The molecular formula is C10H12N2O2. The lowest BCUT2D eigenvalue weighted by atomic mass is 10.3. The third kappa shape index (κ3) is 1.70. The van der Waals surface area contributed by atoms with Gasteiger partial charge in [-0.15, -0.1) is 0 Å². The van der Waals surface area contributed by atoms with Crippen molar-refractivity contribution in [3.8, 4) is 5.75 Å². The standard InChI is InChI=1S/C10H12N2O2/c1-2-14-6-10-11-8-4-3-7(13)5-9(8)12-10/h3-5,13H,2,6H2,1H3,(H,11,12). The van der Waals surface area contributed by atoms with Crippen molar-refractivity contribution in [2.24, 2.45) is 0 Å². The zero-order chi connectivity index (χ0) is 9.97. The van der Waals surface area contributed by atoms with E-state index in [1.807, 2.05) is 6.92 Å². The van der Waals surface area contributed by atoms with Crippen molar-refractivity contribution in [1.29, 1.82) is 0 Å². The lowest BCUT2D eigenvalue weighted by Gasteiger charge is -1.94. The fourth-order valence-electron chi connectivity index (χ4n) is 1.32. The molecule has 14 heavy (non-hydrogen) atoms. The van der Waals surface area contributed by atoms with Crippen molar-refractivity contribution in [2.45, 2.75) is 13.5 Å². The van der Waals surface area contributed by atoms with Crippen LogP contribution in [-0.2, 0) is 11.3 Å². The molecule has 1 aromatic carbocycles. The molecule has 0 aliphatic heterocycles. The molecule has 4 nitrogen and oxygen atoms in total. The normalized spacial score (nSPS) is 10.9. The van der Waals surface area contributed by atoms with Crippen LogP contribution in [0.3, 0.4) is 0 Å². The van der Waals surface area contributed by atoms with Crippen molar-refractivity contribution in [2.75, 3.05) is 6.61 Å². The van der Waals surface area contributed by atoms with Gasteiger partial charge in [0.1, 0.15) is 18.2 Å². The molecule has 0 amide bonds. The predicted molar refractivity (Wildman–Crippen MR) is 53.1 cm³/mol. The zero-order valence-corrected chi connectivity index (χ0v) is 7.95. The van der Waals surface area contributed by atoms with Crippen LogP contribution < -0.4 is 0 Å². The first-order valence-corrected chi connectivity index (χ1v) is 4.55. The number of nitrogens with zero attached hydrogens (tertiary/aromatic N) is 1. The van der Waals surface area contributed by atoms with Crippen molar-refractivity contribution >= 4 is 11.0 Å². The Bertz CT molecular complexity index is 437. The van der Waals surface area contributed by atoms with Crippen LogP contribution in [-0.4, -0.2) is 21.7 Å². The molecule has 0 saturated heterocycles. The predicted octanol–water partition coefficient (Wildman–Crippen LogP) is 1.80. The number of aromatic nitrogens is 2. The summed E-state index contributed by atoms with van der Waals surface area (Å²) in [5.41, 5.74) is 1.68. The summed E-state index contributed by atoms with van der Waals surface area (Å²) in [6.45, 7) is 3.09.